The van der Waals surface area contributed by atoms with Gasteiger partial charge in [0.15, 0.2) is 0 Å². The summed E-state index contributed by atoms with van der Waals surface area (Å²) in [6.07, 6.45) is 3.80. The Bertz CT molecular complexity index is 424. The van der Waals surface area contributed by atoms with E-state index in [0.717, 1.165) is 0 Å². The molecule has 0 aliphatic carbocycles. The molecule has 0 saturated carbocycles. The van der Waals surface area contributed by atoms with Gasteiger partial charge in [-0.25, -0.2) is 0 Å². The molecule has 0 amide bonds. The van der Waals surface area contributed by atoms with Crippen LogP contribution in [0.4, 0.5) is 0 Å². The van der Waals surface area contributed by atoms with Crippen molar-refractivity contribution in [2.45, 2.75) is 58.4 Å². The summed E-state index contributed by atoms with van der Waals surface area (Å²) in [6.45, 7) is 10.4. The second kappa shape index (κ2) is 5.05. The SMILES string of the molecule is CCC1N(C)CCC1(CC)c1ccc(C)c(C)c1. The fourth-order valence-corrected chi connectivity index (χ4v) is 3.83. The molecule has 1 heteroatoms. The van der Waals surface area contributed by atoms with Gasteiger partial charge >= 0.3 is 0 Å². The minimum Gasteiger partial charge on any atom is -0.303 e. The van der Waals surface area contributed by atoms with Crippen LogP contribution in [-0.2, 0) is 5.41 Å². The largest absolute Gasteiger partial charge is 0.303 e. The van der Waals surface area contributed by atoms with Crippen LogP contribution in [0.5, 0.6) is 0 Å². The maximum Gasteiger partial charge on any atom is 0.0187 e. The molecule has 1 saturated heterocycles. The summed E-state index contributed by atoms with van der Waals surface area (Å²) in [7, 11) is 2.28. The first kappa shape index (κ1) is 13.6. The second-order valence-electron chi connectivity index (χ2n) is 5.96. The van der Waals surface area contributed by atoms with Crippen molar-refractivity contribution in [1.82, 2.24) is 4.90 Å². The van der Waals surface area contributed by atoms with Crippen molar-refractivity contribution >= 4 is 0 Å². The molecule has 0 radical (unpaired) electrons. The Hall–Kier alpha value is -0.820. The van der Waals surface area contributed by atoms with Gasteiger partial charge in [0.2, 0.25) is 0 Å². The lowest BCUT2D eigenvalue weighted by Gasteiger charge is -2.37. The Kier molecular flexibility index (Phi) is 3.82. The first-order valence-electron chi connectivity index (χ1n) is 7.33. The Balaban J connectivity index is 2.46. The van der Waals surface area contributed by atoms with E-state index >= 15 is 0 Å². The highest BCUT2D eigenvalue weighted by Crippen LogP contribution is 2.43. The van der Waals surface area contributed by atoms with Crippen molar-refractivity contribution in [1.29, 1.82) is 0 Å². The second-order valence-corrected chi connectivity index (χ2v) is 5.96. The molecule has 1 aliphatic heterocycles. The molecule has 100 valence electrons. The smallest absolute Gasteiger partial charge is 0.0187 e. The van der Waals surface area contributed by atoms with Gasteiger partial charge in [-0.3, -0.25) is 0 Å². The van der Waals surface area contributed by atoms with Crippen LogP contribution >= 0.6 is 0 Å². The van der Waals surface area contributed by atoms with E-state index in [9.17, 15) is 0 Å². The predicted molar refractivity (Wildman–Crippen MR) is 79.2 cm³/mol. The fraction of sp³-hybridized carbons (Fsp3) is 0.647. The number of likely N-dealkylation sites (tertiary alicyclic amines) is 1. The minimum absolute atomic E-state index is 0.377. The topological polar surface area (TPSA) is 3.24 Å². The highest BCUT2D eigenvalue weighted by Gasteiger charge is 2.44. The lowest BCUT2D eigenvalue weighted by molar-refractivity contribution is 0.230. The van der Waals surface area contributed by atoms with Gasteiger partial charge in [-0.15, -0.1) is 0 Å². The monoisotopic (exact) mass is 245 g/mol. The third-order valence-electron chi connectivity index (χ3n) is 5.18. The first-order chi connectivity index (χ1) is 8.55. The predicted octanol–water partition coefficient (Wildman–Crippen LogP) is 4.07. The molecule has 1 aliphatic rings. The zero-order valence-corrected chi connectivity index (χ0v) is 12.6. The van der Waals surface area contributed by atoms with Gasteiger partial charge in [-0.2, -0.15) is 0 Å². The van der Waals surface area contributed by atoms with Crippen LogP contribution in [0.3, 0.4) is 0 Å². The van der Waals surface area contributed by atoms with Crippen LogP contribution in [0, 0.1) is 13.8 Å². The number of hydrogen-bond acceptors (Lipinski definition) is 1. The highest BCUT2D eigenvalue weighted by molar-refractivity contribution is 5.37. The van der Waals surface area contributed by atoms with Crippen LogP contribution in [-0.4, -0.2) is 24.5 Å². The maximum absolute atomic E-state index is 2.55. The van der Waals surface area contributed by atoms with Gasteiger partial charge in [-0.1, -0.05) is 32.0 Å². The summed E-state index contributed by atoms with van der Waals surface area (Å²) in [4.78, 5) is 2.55. The Morgan fingerprint density at radius 1 is 1.22 bits per heavy atom. The maximum atomic E-state index is 2.55. The molecule has 1 fully saturated rings. The molecule has 2 atom stereocenters. The van der Waals surface area contributed by atoms with Gasteiger partial charge < -0.3 is 4.90 Å². The van der Waals surface area contributed by atoms with Crippen molar-refractivity contribution in [2.24, 2.45) is 0 Å². The molecular formula is C17H27N. The van der Waals surface area contributed by atoms with Gasteiger partial charge in [0.25, 0.3) is 0 Å². The molecule has 1 heterocycles. The van der Waals surface area contributed by atoms with E-state index < -0.39 is 0 Å². The minimum atomic E-state index is 0.377. The van der Waals surface area contributed by atoms with Crippen LogP contribution in [0.2, 0.25) is 0 Å². The average Bonchev–Trinajstić information content (AvgIpc) is 2.70. The van der Waals surface area contributed by atoms with E-state index in [4.69, 9.17) is 0 Å². The van der Waals surface area contributed by atoms with E-state index in [-0.39, 0.29) is 0 Å². The van der Waals surface area contributed by atoms with Crippen LogP contribution in [0.25, 0.3) is 0 Å². The molecule has 1 nitrogen and oxygen atoms in total. The normalized spacial score (nSPS) is 28.8. The number of hydrogen-bond donors (Lipinski definition) is 0. The molecule has 0 N–H and O–H groups in total. The fourth-order valence-electron chi connectivity index (χ4n) is 3.83. The van der Waals surface area contributed by atoms with Crippen molar-refractivity contribution in [2.75, 3.05) is 13.6 Å². The highest BCUT2D eigenvalue weighted by atomic mass is 15.2. The average molecular weight is 245 g/mol. The van der Waals surface area contributed by atoms with E-state index in [2.05, 4.69) is 57.8 Å². The number of aryl methyl sites for hydroxylation is 2. The van der Waals surface area contributed by atoms with Crippen molar-refractivity contribution in [3.05, 3.63) is 34.9 Å². The van der Waals surface area contributed by atoms with E-state index in [0.29, 0.717) is 11.5 Å². The van der Waals surface area contributed by atoms with E-state index in [1.807, 2.05) is 0 Å². The Morgan fingerprint density at radius 2 is 1.94 bits per heavy atom. The summed E-state index contributed by atoms with van der Waals surface area (Å²) < 4.78 is 0. The summed E-state index contributed by atoms with van der Waals surface area (Å²) in [5, 5.41) is 0. The molecule has 2 unspecified atom stereocenters. The molecule has 0 spiro atoms. The van der Waals surface area contributed by atoms with Crippen molar-refractivity contribution in [3.8, 4) is 0 Å². The third kappa shape index (κ3) is 1.99. The zero-order chi connectivity index (χ0) is 13.3. The molecule has 1 aromatic rings. The van der Waals surface area contributed by atoms with Gasteiger partial charge in [0, 0.05) is 11.5 Å². The van der Waals surface area contributed by atoms with E-state index in [1.54, 1.807) is 5.56 Å². The van der Waals surface area contributed by atoms with Crippen molar-refractivity contribution < 1.29 is 0 Å². The van der Waals surface area contributed by atoms with Crippen LogP contribution < -0.4 is 0 Å². The molecule has 18 heavy (non-hydrogen) atoms. The Labute approximate surface area is 112 Å². The lowest BCUT2D eigenvalue weighted by atomic mass is 9.71. The third-order valence-corrected chi connectivity index (χ3v) is 5.18. The number of benzene rings is 1. The lowest BCUT2D eigenvalue weighted by Crippen LogP contribution is -2.40. The quantitative estimate of drug-likeness (QED) is 0.776. The Morgan fingerprint density at radius 3 is 2.50 bits per heavy atom. The molecule has 0 bridgehead atoms. The molecule has 0 aromatic heterocycles. The standard InChI is InChI=1S/C17H27N/c1-6-16-17(7-2,10-11-18(16)5)15-9-8-13(3)14(4)12-15/h8-9,12,16H,6-7,10-11H2,1-5H3. The zero-order valence-electron chi connectivity index (χ0n) is 12.6. The first-order valence-corrected chi connectivity index (χ1v) is 7.33. The number of nitrogens with zero attached hydrogens (tertiary/aromatic N) is 1. The van der Waals surface area contributed by atoms with E-state index in [1.165, 1.54) is 36.9 Å². The summed E-state index contributed by atoms with van der Waals surface area (Å²) in [6, 6.07) is 7.80. The molecule has 1 aromatic carbocycles. The van der Waals surface area contributed by atoms with Crippen LogP contribution in [0.15, 0.2) is 18.2 Å². The molecule has 2 rings (SSSR count). The van der Waals surface area contributed by atoms with Crippen molar-refractivity contribution in [3.63, 3.8) is 0 Å². The summed E-state index contributed by atoms with van der Waals surface area (Å²) in [5.41, 5.74) is 4.78. The van der Waals surface area contributed by atoms with Crippen LogP contribution in [0.1, 0.15) is 49.8 Å². The molecular weight excluding hydrogens is 218 g/mol. The summed E-state index contributed by atoms with van der Waals surface area (Å²) >= 11 is 0. The van der Waals surface area contributed by atoms with Gasteiger partial charge in [0.05, 0.1) is 0 Å². The summed E-state index contributed by atoms with van der Waals surface area (Å²) in [5.74, 6) is 0. The number of likely N-dealkylation sites (N-methyl/N-ethyl adjacent to an activating group) is 1. The van der Waals surface area contributed by atoms with Gasteiger partial charge in [-0.05, 0) is 63.4 Å². The van der Waals surface area contributed by atoms with Gasteiger partial charge in [0.1, 0.15) is 0 Å². The number of rotatable bonds is 3.